The molecule has 0 spiro atoms. The highest BCUT2D eigenvalue weighted by molar-refractivity contribution is 5.80. The lowest BCUT2D eigenvalue weighted by Crippen LogP contribution is -2.36. The summed E-state index contributed by atoms with van der Waals surface area (Å²) in [6, 6.07) is 5.08. The minimum atomic E-state index is -0.684. The first-order valence-electron chi connectivity index (χ1n) is 7.16. The number of hydrogen-bond donors (Lipinski definition) is 2. The largest absolute Gasteiger partial charge is 0.481 e. The molecular weight excluding hydrogens is 271 g/mol. The molecule has 1 aliphatic rings. The van der Waals surface area contributed by atoms with Gasteiger partial charge in [0.25, 0.3) is 5.91 Å². The number of halogens is 1. The number of ether oxygens (including phenoxy) is 1. The number of amides is 1. The Morgan fingerprint density at radius 1 is 1.52 bits per heavy atom. The van der Waals surface area contributed by atoms with E-state index >= 15 is 0 Å². The molecule has 1 unspecified atom stereocenters. The quantitative estimate of drug-likeness (QED) is 0.722. The number of carbonyl (C=O) groups excluding carboxylic acids is 1. The van der Waals surface area contributed by atoms with Gasteiger partial charge >= 0.3 is 0 Å². The molecule has 2 rings (SSSR count). The Labute approximate surface area is 124 Å². The molecule has 1 amide bonds. The predicted molar refractivity (Wildman–Crippen MR) is 79.6 cm³/mol. The van der Waals surface area contributed by atoms with Crippen LogP contribution < -0.4 is 15.4 Å². The fourth-order valence-corrected chi connectivity index (χ4v) is 1.91. The molecule has 1 aromatic rings. The van der Waals surface area contributed by atoms with E-state index in [0.717, 1.165) is 5.56 Å². The summed E-state index contributed by atoms with van der Waals surface area (Å²) >= 11 is 0. The third kappa shape index (κ3) is 5.19. The zero-order valence-corrected chi connectivity index (χ0v) is 12.2. The van der Waals surface area contributed by atoms with Crippen LogP contribution in [0.2, 0.25) is 0 Å². The van der Waals surface area contributed by atoms with Crippen molar-refractivity contribution in [1.82, 2.24) is 10.6 Å². The molecule has 5 heteroatoms. The third-order valence-corrected chi connectivity index (χ3v) is 3.21. The number of carbonyl (C=O) groups is 1. The molecular formula is C16H21FN2O2. The van der Waals surface area contributed by atoms with Crippen LogP contribution in [0, 0.1) is 5.82 Å². The van der Waals surface area contributed by atoms with Crippen molar-refractivity contribution < 1.29 is 13.9 Å². The van der Waals surface area contributed by atoms with E-state index in [0.29, 0.717) is 24.9 Å². The predicted octanol–water partition coefficient (Wildman–Crippen LogP) is 2.15. The monoisotopic (exact) mass is 292 g/mol. The normalized spacial score (nSPS) is 15.3. The Bertz CT molecular complexity index is 515. The van der Waals surface area contributed by atoms with Crippen LogP contribution in [0.3, 0.4) is 0 Å². The molecule has 0 aromatic heterocycles. The Hall–Kier alpha value is -1.88. The van der Waals surface area contributed by atoms with E-state index in [4.69, 9.17) is 4.74 Å². The fraction of sp³-hybridized carbons (Fsp3) is 0.438. The molecule has 21 heavy (non-hydrogen) atoms. The van der Waals surface area contributed by atoms with Gasteiger partial charge in [0.05, 0.1) is 0 Å². The maximum Gasteiger partial charge on any atom is 0.261 e. The molecule has 1 saturated carbocycles. The van der Waals surface area contributed by atoms with Gasteiger partial charge < -0.3 is 15.4 Å². The van der Waals surface area contributed by atoms with Crippen LogP contribution in [0.5, 0.6) is 5.75 Å². The summed E-state index contributed by atoms with van der Waals surface area (Å²) in [7, 11) is 0. The van der Waals surface area contributed by atoms with Gasteiger partial charge in [0, 0.05) is 25.2 Å². The Balaban J connectivity index is 1.94. The average Bonchev–Trinajstić information content (AvgIpc) is 3.26. The number of nitrogens with one attached hydrogen (secondary N) is 2. The molecule has 1 aliphatic carbocycles. The second-order valence-electron chi connectivity index (χ2n) is 5.24. The molecule has 2 N–H and O–H groups in total. The summed E-state index contributed by atoms with van der Waals surface area (Å²) < 4.78 is 19.1. The van der Waals surface area contributed by atoms with Crippen molar-refractivity contribution in [1.29, 1.82) is 0 Å². The second-order valence-corrected chi connectivity index (χ2v) is 5.24. The number of rotatable bonds is 8. The summed E-state index contributed by atoms with van der Waals surface area (Å²) in [4.78, 5) is 11.7. The molecule has 1 fully saturated rings. The average molecular weight is 292 g/mol. The first-order chi connectivity index (χ1) is 10.1. The SMILES string of the molecule is C=CCNC(=O)C(C)Oc1cc(F)cc(CNC2CC2)c1. The molecule has 0 aliphatic heterocycles. The Morgan fingerprint density at radius 3 is 2.95 bits per heavy atom. The minimum absolute atomic E-state index is 0.253. The van der Waals surface area contributed by atoms with Gasteiger partial charge in [-0.15, -0.1) is 6.58 Å². The van der Waals surface area contributed by atoms with E-state index < -0.39 is 6.10 Å². The van der Waals surface area contributed by atoms with Crippen LogP contribution in [-0.2, 0) is 11.3 Å². The van der Waals surface area contributed by atoms with Crippen molar-refractivity contribution in [2.75, 3.05) is 6.54 Å². The topological polar surface area (TPSA) is 50.4 Å². The molecule has 1 aromatic carbocycles. The Morgan fingerprint density at radius 2 is 2.29 bits per heavy atom. The summed E-state index contributed by atoms with van der Waals surface area (Å²) in [5.74, 6) is -0.250. The fourth-order valence-electron chi connectivity index (χ4n) is 1.91. The maximum absolute atomic E-state index is 13.6. The van der Waals surface area contributed by atoms with Crippen LogP contribution in [0.15, 0.2) is 30.9 Å². The first kappa shape index (κ1) is 15.5. The van der Waals surface area contributed by atoms with Gasteiger partial charge in [-0.25, -0.2) is 4.39 Å². The molecule has 0 heterocycles. The van der Waals surface area contributed by atoms with Gasteiger partial charge in [0.1, 0.15) is 11.6 Å². The smallest absolute Gasteiger partial charge is 0.261 e. The summed E-state index contributed by atoms with van der Waals surface area (Å²) in [6.45, 7) is 6.15. The summed E-state index contributed by atoms with van der Waals surface area (Å²) in [5, 5.41) is 5.96. The summed E-state index contributed by atoms with van der Waals surface area (Å²) in [6.07, 6.45) is 3.27. The van der Waals surface area contributed by atoms with Crippen molar-refractivity contribution in [3.63, 3.8) is 0 Å². The highest BCUT2D eigenvalue weighted by Crippen LogP contribution is 2.21. The zero-order valence-electron chi connectivity index (χ0n) is 12.2. The van der Waals surface area contributed by atoms with Crippen LogP contribution in [0.1, 0.15) is 25.3 Å². The van der Waals surface area contributed by atoms with Crippen molar-refractivity contribution in [2.45, 2.75) is 38.5 Å². The highest BCUT2D eigenvalue weighted by Gasteiger charge is 2.20. The van der Waals surface area contributed by atoms with Crippen LogP contribution >= 0.6 is 0 Å². The van der Waals surface area contributed by atoms with E-state index in [-0.39, 0.29) is 11.7 Å². The lowest BCUT2D eigenvalue weighted by atomic mass is 10.2. The molecule has 1 atom stereocenters. The lowest BCUT2D eigenvalue weighted by Gasteiger charge is -2.15. The highest BCUT2D eigenvalue weighted by atomic mass is 19.1. The molecule has 0 radical (unpaired) electrons. The van der Waals surface area contributed by atoms with Crippen LogP contribution in [0.4, 0.5) is 4.39 Å². The van der Waals surface area contributed by atoms with Crippen molar-refractivity contribution in [3.05, 3.63) is 42.2 Å². The van der Waals surface area contributed by atoms with Crippen LogP contribution in [-0.4, -0.2) is 24.6 Å². The molecule has 114 valence electrons. The van der Waals surface area contributed by atoms with Crippen molar-refractivity contribution in [3.8, 4) is 5.75 Å². The zero-order chi connectivity index (χ0) is 15.2. The van der Waals surface area contributed by atoms with Gasteiger partial charge in [-0.3, -0.25) is 4.79 Å². The first-order valence-corrected chi connectivity index (χ1v) is 7.16. The lowest BCUT2D eigenvalue weighted by molar-refractivity contribution is -0.127. The van der Waals surface area contributed by atoms with E-state index in [1.165, 1.54) is 25.0 Å². The van der Waals surface area contributed by atoms with E-state index in [2.05, 4.69) is 17.2 Å². The van der Waals surface area contributed by atoms with E-state index in [1.54, 1.807) is 19.1 Å². The van der Waals surface area contributed by atoms with Gasteiger partial charge in [-0.2, -0.15) is 0 Å². The van der Waals surface area contributed by atoms with E-state index in [9.17, 15) is 9.18 Å². The minimum Gasteiger partial charge on any atom is -0.481 e. The van der Waals surface area contributed by atoms with Gasteiger partial charge in [0.15, 0.2) is 6.10 Å². The molecule has 4 nitrogen and oxygen atoms in total. The van der Waals surface area contributed by atoms with Gasteiger partial charge in [0.2, 0.25) is 0 Å². The molecule has 0 saturated heterocycles. The summed E-state index contributed by atoms with van der Waals surface area (Å²) in [5.41, 5.74) is 0.815. The maximum atomic E-state index is 13.6. The third-order valence-electron chi connectivity index (χ3n) is 3.21. The molecule has 0 bridgehead atoms. The second kappa shape index (κ2) is 7.22. The van der Waals surface area contributed by atoms with Crippen molar-refractivity contribution in [2.24, 2.45) is 0 Å². The van der Waals surface area contributed by atoms with Gasteiger partial charge in [-0.1, -0.05) is 6.08 Å². The van der Waals surface area contributed by atoms with E-state index in [1.807, 2.05) is 0 Å². The van der Waals surface area contributed by atoms with Crippen LogP contribution in [0.25, 0.3) is 0 Å². The standard InChI is InChI=1S/C16H21FN2O2/c1-3-6-18-16(20)11(2)21-15-8-12(7-13(17)9-15)10-19-14-4-5-14/h3,7-9,11,14,19H,1,4-6,10H2,2H3,(H,18,20). The Kier molecular flexibility index (Phi) is 5.33. The number of benzene rings is 1. The van der Waals surface area contributed by atoms with Gasteiger partial charge in [-0.05, 0) is 37.5 Å². The number of hydrogen-bond acceptors (Lipinski definition) is 3. The van der Waals surface area contributed by atoms with Crippen molar-refractivity contribution >= 4 is 5.91 Å².